The van der Waals surface area contributed by atoms with Crippen LogP contribution in [0.25, 0.3) is 0 Å². The molecule has 1 heterocycles. The second kappa shape index (κ2) is 11.0. The van der Waals surface area contributed by atoms with Crippen molar-refractivity contribution in [2.45, 2.75) is 76.2 Å². The minimum atomic E-state index is -5.89. The van der Waals surface area contributed by atoms with Gasteiger partial charge < -0.3 is 19.9 Å². The van der Waals surface area contributed by atoms with Gasteiger partial charge in [0.25, 0.3) is 5.60 Å². The summed E-state index contributed by atoms with van der Waals surface area (Å²) in [6.07, 6.45) is -11.4. The van der Waals surface area contributed by atoms with Gasteiger partial charge in [-0.2, -0.15) is 26.3 Å². The lowest BCUT2D eigenvalue weighted by atomic mass is 9.79. The van der Waals surface area contributed by atoms with Gasteiger partial charge in [0.2, 0.25) is 0 Å². The summed E-state index contributed by atoms with van der Waals surface area (Å²) in [7, 11) is 0. The Morgan fingerprint density at radius 3 is 2.37 bits per heavy atom. The minimum Gasteiger partial charge on any atom is -0.444 e. The molecule has 1 saturated heterocycles. The van der Waals surface area contributed by atoms with Crippen molar-refractivity contribution in [2.75, 3.05) is 32.8 Å². The number of aliphatic hydroxyl groups is 1. The molecule has 0 bridgehead atoms. The second-order valence-electron chi connectivity index (χ2n) is 9.84. The summed E-state index contributed by atoms with van der Waals surface area (Å²) in [4.78, 5) is 18.7. The quantitative estimate of drug-likeness (QED) is 0.523. The molecule has 2 N–H and O–H groups in total. The van der Waals surface area contributed by atoms with Crippen LogP contribution in [0.5, 0.6) is 0 Å². The molecule has 1 fully saturated rings. The van der Waals surface area contributed by atoms with Gasteiger partial charge in [0.15, 0.2) is 0 Å². The average Bonchev–Trinajstić information content (AvgIpc) is 2.70. The number of aliphatic imine (C=N–C) groups is 1. The molecule has 3 unspecified atom stereocenters. The Kier molecular flexibility index (Phi) is 9.26. The van der Waals surface area contributed by atoms with Crippen LogP contribution in [0.3, 0.4) is 0 Å². The van der Waals surface area contributed by atoms with Crippen LogP contribution >= 0.6 is 0 Å². The molecule has 0 saturated carbocycles. The van der Waals surface area contributed by atoms with Crippen LogP contribution in [0.2, 0.25) is 0 Å². The third-order valence-corrected chi connectivity index (χ3v) is 5.81. The Labute approximate surface area is 200 Å². The molecule has 1 amide bonds. The van der Waals surface area contributed by atoms with Crippen molar-refractivity contribution in [3.63, 3.8) is 0 Å². The van der Waals surface area contributed by atoms with Gasteiger partial charge in [-0.3, -0.25) is 9.89 Å². The number of ether oxygens (including phenoxy) is 2. The number of carbonyl (C=O) groups is 1. The van der Waals surface area contributed by atoms with E-state index in [0.717, 1.165) is 6.08 Å². The molecular weight excluding hydrogens is 484 g/mol. The molecule has 13 heteroatoms. The Hall–Kier alpha value is -1.86. The molecule has 0 aromatic carbocycles. The summed E-state index contributed by atoms with van der Waals surface area (Å²) in [6.45, 7) is 9.09. The number of carbonyl (C=O) groups excluding carboxylic acids is 1. The number of halogens is 6. The Balaban J connectivity index is 2.20. The number of amides is 1. The van der Waals surface area contributed by atoms with Crippen LogP contribution in [0.4, 0.5) is 31.1 Å². The van der Waals surface area contributed by atoms with E-state index in [0.29, 0.717) is 32.4 Å². The molecule has 202 valence electrons. The fourth-order valence-corrected chi connectivity index (χ4v) is 3.95. The normalized spacial score (nSPS) is 24.9. The van der Waals surface area contributed by atoms with Crippen LogP contribution < -0.4 is 5.32 Å². The van der Waals surface area contributed by atoms with Crippen LogP contribution in [-0.2, 0) is 9.47 Å². The van der Waals surface area contributed by atoms with Crippen LogP contribution in [0.15, 0.2) is 17.1 Å². The van der Waals surface area contributed by atoms with Crippen LogP contribution in [0.1, 0.15) is 40.5 Å². The first-order valence-corrected chi connectivity index (χ1v) is 11.3. The van der Waals surface area contributed by atoms with Crippen molar-refractivity contribution in [1.82, 2.24) is 10.2 Å². The van der Waals surface area contributed by atoms with E-state index in [4.69, 9.17) is 9.47 Å². The number of alkyl carbamates (subject to hydrolysis) is 1. The van der Waals surface area contributed by atoms with Gasteiger partial charge in [0.1, 0.15) is 5.60 Å². The topological polar surface area (TPSA) is 83.4 Å². The predicted molar refractivity (Wildman–Crippen MR) is 116 cm³/mol. The summed E-state index contributed by atoms with van der Waals surface area (Å²) in [5.74, 6) is -2.20. The highest BCUT2D eigenvalue weighted by Crippen LogP contribution is 2.50. The monoisotopic (exact) mass is 517 g/mol. The van der Waals surface area contributed by atoms with Crippen LogP contribution in [0, 0.1) is 5.92 Å². The van der Waals surface area contributed by atoms with E-state index in [-0.39, 0.29) is 24.7 Å². The maximum Gasteiger partial charge on any atom is 0.426 e. The van der Waals surface area contributed by atoms with E-state index in [2.05, 4.69) is 15.2 Å². The summed E-state index contributed by atoms with van der Waals surface area (Å²) in [5.41, 5.74) is -5.29. The fraction of sp³-hybridized carbons (Fsp3) is 0.818. The van der Waals surface area contributed by atoms with Crippen molar-refractivity contribution < 1.29 is 45.7 Å². The fourth-order valence-electron chi connectivity index (χ4n) is 3.95. The number of nitrogens with one attached hydrogen (secondary N) is 1. The Morgan fingerprint density at radius 1 is 1.26 bits per heavy atom. The molecular formula is C22H33F6N3O4. The van der Waals surface area contributed by atoms with E-state index in [1.165, 1.54) is 0 Å². The molecule has 0 aromatic heterocycles. The number of hydrogen-bond donors (Lipinski definition) is 2. The number of nitrogens with zero attached hydrogens (tertiary/aromatic N) is 2. The van der Waals surface area contributed by atoms with E-state index >= 15 is 0 Å². The molecule has 1 aliphatic heterocycles. The molecule has 1 aliphatic carbocycles. The zero-order chi connectivity index (χ0) is 26.7. The number of hydrogen-bond acceptors (Lipinski definition) is 6. The molecule has 3 atom stereocenters. The average molecular weight is 518 g/mol. The molecule has 2 aliphatic rings. The van der Waals surface area contributed by atoms with Crippen molar-refractivity contribution in [3.8, 4) is 0 Å². The van der Waals surface area contributed by atoms with Gasteiger partial charge in [-0.25, -0.2) is 4.79 Å². The third kappa shape index (κ3) is 7.81. The van der Waals surface area contributed by atoms with Gasteiger partial charge in [-0.1, -0.05) is 6.08 Å². The molecule has 0 aromatic rings. The van der Waals surface area contributed by atoms with Crippen molar-refractivity contribution in [3.05, 3.63) is 12.2 Å². The van der Waals surface area contributed by atoms with E-state index < -0.39 is 48.0 Å². The van der Waals surface area contributed by atoms with Gasteiger partial charge >= 0.3 is 18.4 Å². The Morgan fingerprint density at radius 2 is 1.89 bits per heavy atom. The summed E-state index contributed by atoms with van der Waals surface area (Å²) >= 11 is 0. The molecule has 0 radical (unpaired) electrons. The SMILES string of the molecule is CC1COCCN1CC(CNC(=O)OC(C)(C)C)N=C1C=CC(C(O)(C(F)(F)F)C(F)(F)F)CC1. The van der Waals surface area contributed by atoms with Gasteiger partial charge in [-0.05, 0) is 46.6 Å². The van der Waals surface area contributed by atoms with Crippen LogP contribution in [-0.4, -0.2) is 90.3 Å². The van der Waals surface area contributed by atoms with E-state index in [1.54, 1.807) is 20.8 Å². The van der Waals surface area contributed by atoms with E-state index in [1.807, 2.05) is 6.92 Å². The van der Waals surface area contributed by atoms with Gasteiger partial charge in [0, 0.05) is 37.3 Å². The maximum atomic E-state index is 13.2. The van der Waals surface area contributed by atoms with Crippen molar-refractivity contribution >= 4 is 11.8 Å². The zero-order valence-corrected chi connectivity index (χ0v) is 20.2. The standard InChI is InChI=1S/C22H33F6N3O4/c1-14-13-34-10-9-31(14)12-17(11-29-18(32)35-19(2,3)4)30-16-7-5-15(6-8-16)20(33,21(23,24)25)22(26,27)28/h5,7,14-15,17,33H,6,8-13H2,1-4H3,(H,29,32). The van der Waals surface area contributed by atoms with Crippen molar-refractivity contribution in [1.29, 1.82) is 0 Å². The van der Waals surface area contributed by atoms with E-state index in [9.17, 15) is 36.2 Å². The molecule has 35 heavy (non-hydrogen) atoms. The Bertz CT molecular complexity index is 778. The van der Waals surface area contributed by atoms with Gasteiger partial charge in [-0.15, -0.1) is 0 Å². The minimum absolute atomic E-state index is 0.0504. The molecule has 7 nitrogen and oxygen atoms in total. The number of morpholine rings is 1. The maximum absolute atomic E-state index is 13.2. The third-order valence-electron chi connectivity index (χ3n) is 5.81. The summed E-state index contributed by atoms with van der Waals surface area (Å²) in [5, 5.41) is 12.3. The second-order valence-corrected chi connectivity index (χ2v) is 9.84. The first kappa shape index (κ1) is 29.4. The zero-order valence-electron chi connectivity index (χ0n) is 20.2. The van der Waals surface area contributed by atoms with Gasteiger partial charge in [0.05, 0.1) is 19.3 Å². The number of rotatable bonds is 6. The molecule has 2 rings (SSSR count). The smallest absolute Gasteiger partial charge is 0.426 e. The summed E-state index contributed by atoms with van der Waals surface area (Å²) < 4.78 is 89.7. The first-order valence-electron chi connectivity index (χ1n) is 11.3. The first-order chi connectivity index (χ1) is 15.9. The highest BCUT2D eigenvalue weighted by Gasteiger charge is 2.73. The van der Waals surface area contributed by atoms with Crippen molar-refractivity contribution in [2.24, 2.45) is 10.9 Å². The lowest BCUT2D eigenvalue weighted by Crippen LogP contribution is -2.61. The summed E-state index contributed by atoms with van der Waals surface area (Å²) in [6, 6.07) is -0.476. The lowest BCUT2D eigenvalue weighted by molar-refractivity contribution is -0.380. The largest absolute Gasteiger partial charge is 0.444 e. The number of allylic oxidation sites excluding steroid dienone is 1. The predicted octanol–water partition coefficient (Wildman–Crippen LogP) is 3.86. The highest BCUT2D eigenvalue weighted by atomic mass is 19.4. The molecule has 0 spiro atoms. The highest BCUT2D eigenvalue weighted by molar-refractivity contribution is 5.95. The lowest BCUT2D eigenvalue weighted by Gasteiger charge is -2.38. The number of alkyl halides is 6.